The van der Waals surface area contributed by atoms with Crippen LogP contribution in [0.25, 0.3) is 0 Å². The van der Waals surface area contributed by atoms with E-state index in [-0.39, 0.29) is 23.0 Å². The van der Waals surface area contributed by atoms with E-state index in [1.807, 2.05) is 6.08 Å². The average molecular weight is 348 g/mol. The first-order chi connectivity index (χ1) is 11.6. The summed E-state index contributed by atoms with van der Waals surface area (Å²) in [7, 11) is 0. The number of Topliss-reactive ketones (excluding diaryl/α,β-unsaturated/α-hetero) is 1. The summed E-state index contributed by atoms with van der Waals surface area (Å²) < 4.78 is 0. The van der Waals surface area contributed by atoms with E-state index in [9.17, 15) is 20.1 Å². The molecule has 1 unspecified atom stereocenters. The van der Waals surface area contributed by atoms with Gasteiger partial charge in [-0.15, -0.1) is 0 Å². The summed E-state index contributed by atoms with van der Waals surface area (Å²) in [5.41, 5.74) is -1.66. The lowest BCUT2D eigenvalue weighted by molar-refractivity contribution is -0.178. The van der Waals surface area contributed by atoms with Crippen LogP contribution in [0.5, 0.6) is 0 Å². The van der Waals surface area contributed by atoms with Crippen LogP contribution in [0.2, 0.25) is 0 Å². The zero-order valence-corrected chi connectivity index (χ0v) is 15.6. The Bertz CT molecular complexity index is 615. The fourth-order valence-electron chi connectivity index (χ4n) is 7.36. The Morgan fingerprint density at radius 1 is 1.08 bits per heavy atom. The van der Waals surface area contributed by atoms with Gasteiger partial charge in [0.25, 0.3) is 0 Å². The van der Waals surface area contributed by atoms with Gasteiger partial charge in [0.05, 0.1) is 12.2 Å². The Labute approximate surface area is 150 Å². The van der Waals surface area contributed by atoms with Gasteiger partial charge in [0.1, 0.15) is 5.60 Å². The van der Waals surface area contributed by atoms with Crippen LogP contribution < -0.4 is 0 Å². The van der Waals surface area contributed by atoms with Crippen LogP contribution in [0.3, 0.4) is 0 Å². The number of carbonyl (C=O) groups excluding carboxylic acids is 1. The number of aliphatic hydroxyl groups excluding tert-OH is 2. The number of rotatable bonds is 1. The minimum atomic E-state index is -1.24. The smallest absolute Gasteiger partial charge is 0.161 e. The van der Waals surface area contributed by atoms with Gasteiger partial charge in [0.15, 0.2) is 5.78 Å². The quantitative estimate of drug-likeness (QED) is 0.636. The summed E-state index contributed by atoms with van der Waals surface area (Å²) in [6, 6.07) is 0. The monoisotopic (exact) mass is 348 g/mol. The van der Waals surface area contributed by atoms with Gasteiger partial charge in [-0.05, 0) is 74.5 Å². The summed E-state index contributed by atoms with van der Waals surface area (Å²) in [5, 5.41) is 32.2. The lowest BCUT2D eigenvalue weighted by Gasteiger charge is -2.61. The summed E-state index contributed by atoms with van der Waals surface area (Å²) in [6.07, 6.45) is 7.87. The number of carbonyl (C=O) groups is 1. The number of hydrogen-bond acceptors (Lipinski definition) is 4. The van der Waals surface area contributed by atoms with Crippen molar-refractivity contribution in [3.63, 3.8) is 0 Å². The first-order valence-corrected chi connectivity index (χ1v) is 9.92. The molecule has 0 amide bonds. The lowest BCUT2D eigenvalue weighted by atomic mass is 9.44. The molecule has 9 atom stereocenters. The standard InChI is InChI=1S/C21H32O4/c1-12(22)21(25)9-6-16-18-15(5-8-20(16,21)3)19(2)7-4-14(23)10-13(19)11-17(18)24/h4,7,13-18,23-25H,5-6,8-11H2,1-3H3/t13?,14-,15-,16-,17-,18+,19-,20-,21-/m0/s1. The molecule has 0 spiro atoms. The summed E-state index contributed by atoms with van der Waals surface area (Å²) >= 11 is 0. The van der Waals surface area contributed by atoms with Crippen molar-refractivity contribution in [2.24, 2.45) is 34.5 Å². The van der Waals surface area contributed by atoms with E-state index in [2.05, 4.69) is 19.9 Å². The van der Waals surface area contributed by atoms with Gasteiger partial charge >= 0.3 is 0 Å². The largest absolute Gasteiger partial charge is 0.393 e. The number of ketones is 1. The van der Waals surface area contributed by atoms with Gasteiger partial charge < -0.3 is 15.3 Å². The lowest BCUT2D eigenvalue weighted by Crippen LogP contribution is -2.61. The molecule has 0 bridgehead atoms. The molecule has 0 aromatic carbocycles. The number of hydrogen-bond donors (Lipinski definition) is 3. The van der Waals surface area contributed by atoms with Gasteiger partial charge in [-0.2, -0.15) is 0 Å². The van der Waals surface area contributed by atoms with Crippen LogP contribution in [-0.2, 0) is 4.79 Å². The predicted octanol–water partition coefficient (Wildman–Crippen LogP) is 2.46. The van der Waals surface area contributed by atoms with Crippen molar-refractivity contribution in [3.8, 4) is 0 Å². The van der Waals surface area contributed by atoms with Gasteiger partial charge in [-0.3, -0.25) is 4.79 Å². The van der Waals surface area contributed by atoms with E-state index in [0.717, 1.165) is 25.7 Å². The number of allylic oxidation sites excluding steroid dienone is 1. The summed E-state index contributed by atoms with van der Waals surface area (Å²) in [5.74, 6) is 0.867. The molecule has 0 heterocycles. The van der Waals surface area contributed by atoms with Crippen molar-refractivity contribution in [1.29, 1.82) is 0 Å². The van der Waals surface area contributed by atoms with Crippen molar-refractivity contribution < 1.29 is 20.1 Å². The van der Waals surface area contributed by atoms with Gasteiger partial charge in [0, 0.05) is 5.41 Å². The Hall–Kier alpha value is -0.710. The molecule has 0 aliphatic heterocycles. The second kappa shape index (κ2) is 5.40. The van der Waals surface area contributed by atoms with E-state index in [1.165, 1.54) is 6.92 Å². The molecule has 3 N–H and O–H groups in total. The zero-order valence-electron chi connectivity index (χ0n) is 15.6. The highest BCUT2D eigenvalue weighted by molar-refractivity contribution is 5.86. The zero-order chi connectivity index (χ0) is 18.2. The molecular weight excluding hydrogens is 316 g/mol. The first-order valence-electron chi connectivity index (χ1n) is 9.92. The van der Waals surface area contributed by atoms with Crippen LogP contribution >= 0.6 is 0 Å². The minimum Gasteiger partial charge on any atom is -0.393 e. The summed E-state index contributed by atoms with van der Waals surface area (Å²) in [6.45, 7) is 5.88. The number of fused-ring (bicyclic) bond motifs is 5. The Balaban J connectivity index is 1.73. The van der Waals surface area contributed by atoms with Crippen molar-refractivity contribution in [1.82, 2.24) is 0 Å². The highest BCUT2D eigenvalue weighted by atomic mass is 16.3. The Kier molecular flexibility index (Phi) is 3.82. The van der Waals surface area contributed by atoms with Crippen LogP contribution in [0.4, 0.5) is 0 Å². The van der Waals surface area contributed by atoms with E-state index in [4.69, 9.17) is 0 Å². The molecule has 0 aromatic heterocycles. The van der Waals surface area contributed by atoms with Crippen LogP contribution in [0, 0.1) is 34.5 Å². The molecular formula is C21H32O4. The van der Waals surface area contributed by atoms with Gasteiger partial charge in [-0.25, -0.2) is 0 Å². The number of aliphatic hydroxyl groups is 3. The molecule has 140 valence electrons. The highest BCUT2D eigenvalue weighted by Gasteiger charge is 2.67. The van der Waals surface area contributed by atoms with E-state index in [0.29, 0.717) is 24.7 Å². The average Bonchev–Trinajstić information content (AvgIpc) is 2.82. The molecule has 4 rings (SSSR count). The Morgan fingerprint density at radius 2 is 1.76 bits per heavy atom. The third-order valence-electron chi connectivity index (χ3n) is 8.92. The molecule has 0 radical (unpaired) electrons. The minimum absolute atomic E-state index is 0.00137. The first kappa shape index (κ1) is 17.7. The molecule has 25 heavy (non-hydrogen) atoms. The van der Waals surface area contributed by atoms with E-state index in [1.54, 1.807) is 0 Å². The maximum atomic E-state index is 12.2. The van der Waals surface area contributed by atoms with Gasteiger partial charge in [-0.1, -0.05) is 26.0 Å². The van der Waals surface area contributed by atoms with Crippen molar-refractivity contribution in [3.05, 3.63) is 12.2 Å². The molecule has 4 aliphatic carbocycles. The molecule has 3 fully saturated rings. The SMILES string of the molecule is CC(=O)[C@@]1(O)CC[C@H]2[C@@H]3[C@@H](O)CC4C[C@@H](O)C=C[C@]4(C)[C@H]3CC[C@@]21C. The van der Waals surface area contributed by atoms with Crippen molar-refractivity contribution in [2.45, 2.75) is 77.1 Å². The van der Waals surface area contributed by atoms with E-state index < -0.39 is 23.2 Å². The summed E-state index contributed by atoms with van der Waals surface area (Å²) in [4.78, 5) is 12.2. The molecule has 4 aliphatic rings. The molecule has 4 heteroatoms. The normalized spacial score (nSPS) is 57.5. The fraction of sp³-hybridized carbons (Fsp3) is 0.857. The predicted molar refractivity (Wildman–Crippen MR) is 94.7 cm³/mol. The molecule has 0 saturated heterocycles. The third kappa shape index (κ3) is 2.14. The fourth-order valence-corrected chi connectivity index (χ4v) is 7.36. The van der Waals surface area contributed by atoms with Crippen molar-refractivity contribution in [2.75, 3.05) is 0 Å². The van der Waals surface area contributed by atoms with Crippen LogP contribution in [0.15, 0.2) is 12.2 Å². The maximum absolute atomic E-state index is 12.2. The van der Waals surface area contributed by atoms with Gasteiger partial charge in [0.2, 0.25) is 0 Å². The molecule has 4 nitrogen and oxygen atoms in total. The van der Waals surface area contributed by atoms with Crippen molar-refractivity contribution >= 4 is 5.78 Å². The topological polar surface area (TPSA) is 77.8 Å². The highest BCUT2D eigenvalue weighted by Crippen LogP contribution is 2.67. The molecule has 0 aromatic rings. The third-order valence-corrected chi connectivity index (χ3v) is 8.92. The Morgan fingerprint density at radius 3 is 2.44 bits per heavy atom. The van der Waals surface area contributed by atoms with Crippen LogP contribution in [-0.4, -0.2) is 38.9 Å². The van der Waals surface area contributed by atoms with E-state index >= 15 is 0 Å². The second-order valence-corrected chi connectivity index (χ2v) is 9.73. The second-order valence-electron chi connectivity index (χ2n) is 9.73. The van der Waals surface area contributed by atoms with Crippen LogP contribution in [0.1, 0.15) is 59.3 Å². The maximum Gasteiger partial charge on any atom is 0.161 e. The molecule has 3 saturated carbocycles.